The fourth-order valence-electron chi connectivity index (χ4n) is 2.13. The van der Waals surface area contributed by atoms with E-state index in [1.54, 1.807) is 24.3 Å². The lowest BCUT2D eigenvalue weighted by Gasteiger charge is -2.22. The third-order valence-electron chi connectivity index (χ3n) is 3.06. The number of hydrogen-bond donors (Lipinski definition) is 2. The van der Waals surface area contributed by atoms with Crippen molar-refractivity contribution in [3.8, 4) is 6.07 Å². The van der Waals surface area contributed by atoms with Crippen molar-refractivity contribution in [1.82, 2.24) is 20.2 Å². The minimum Gasteiger partial charge on any atom is -0.480 e. The third kappa shape index (κ3) is 2.43. The molecule has 0 radical (unpaired) electrons. The summed E-state index contributed by atoms with van der Waals surface area (Å²) in [7, 11) is 0. The van der Waals surface area contributed by atoms with Gasteiger partial charge in [-0.15, -0.1) is 0 Å². The minimum atomic E-state index is -1.02. The standard InChI is InChI=1S/C14H10N6O2/c15-5-9-2-1-3-10(4-9)20(7-12(21)22)14-11-6-18-19-13(11)16-8-17-14/h1-4,6,8H,7H2,(H,21,22)(H,16,17,18,19). The monoisotopic (exact) mass is 294 g/mol. The summed E-state index contributed by atoms with van der Waals surface area (Å²) in [5.74, 6) is -0.603. The lowest BCUT2D eigenvalue weighted by Crippen LogP contribution is -2.26. The number of nitrogens with one attached hydrogen (secondary N) is 1. The number of fused-ring (bicyclic) bond motifs is 1. The molecule has 108 valence electrons. The SMILES string of the molecule is N#Cc1cccc(N(CC(=O)O)c2ncnc3[nH]ncc23)c1. The molecule has 0 amide bonds. The van der Waals surface area contributed by atoms with Gasteiger partial charge in [-0.25, -0.2) is 9.97 Å². The van der Waals surface area contributed by atoms with Crippen molar-refractivity contribution >= 4 is 28.5 Å². The van der Waals surface area contributed by atoms with Gasteiger partial charge < -0.3 is 10.0 Å². The first-order valence-electron chi connectivity index (χ1n) is 6.32. The van der Waals surface area contributed by atoms with Crippen molar-refractivity contribution in [3.63, 3.8) is 0 Å². The average Bonchev–Trinajstić information content (AvgIpc) is 3.01. The van der Waals surface area contributed by atoms with Gasteiger partial charge >= 0.3 is 5.97 Å². The summed E-state index contributed by atoms with van der Waals surface area (Å²) in [6, 6.07) is 8.70. The Hall–Kier alpha value is -3.47. The number of H-pyrrole nitrogens is 1. The molecule has 3 aromatic rings. The number of carboxylic acid groups (broad SMARTS) is 1. The Morgan fingerprint density at radius 1 is 1.41 bits per heavy atom. The van der Waals surface area contributed by atoms with E-state index in [0.717, 1.165) is 0 Å². The zero-order valence-corrected chi connectivity index (χ0v) is 11.3. The van der Waals surface area contributed by atoms with Gasteiger partial charge in [0.05, 0.1) is 23.2 Å². The minimum absolute atomic E-state index is 0.299. The van der Waals surface area contributed by atoms with E-state index in [-0.39, 0.29) is 6.54 Å². The quantitative estimate of drug-likeness (QED) is 0.747. The molecule has 0 bridgehead atoms. The van der Waals surface area contributed by atoms with Crippen LogP contribution < -0.4 is 4.90 Å². The fourth-order valence-corrected chi connectivity index (χ4v) is 2.13. The van der Waals surface area contributed by atoms with Crippen LogP contribution in [-0.4, -0.2) is 37.8 Å². The zero-order chi connectivity index (χ0) is 15.5. The Balaban J connectivity index is 2.16. The highest BCUT2D eigenvalue weighted by Crippen LogP contribution is 2.28. The largest absolute Gasteiger partial charge is 0.480 e. The molecule has 22 heavy (non-hydrogen) atoms. The van der Waals surface area contributed by atoms with Crippen molar-refractivity contribution in [1.29, 1.82) is 5.26 Å². The summed E-state index contributed by atoms with van der Waals surface area (Å²) >= 11 is 0. The molecule has 2 aromatic heterocycles. The van der Waals surface area contributed by atoms with Gasteiger partial charge in [0, 0.05) is 5.69 Å². The molecule has 2 heterocycles. The number of carboxylic acids is 1. The molecule has 3 rings (SSSR count). The molecule has 0 aliphatic heterocycles. The second-order valence-electron chi connectivity index (χ2n) is 4.47. The van der Waals surface area contributed by atoms with Gasteiger partial charge in [-0.05, 0) is 18.2 Å². The smallest absolute Gasteiger partial charge is 0.323 e. The number of rotatable bonds is 4. The van der Waals surface area contributed by atoms with E-state index in [1.807, 2.05) is 6.07 Å². The first-order valence-corrected chi connectivity index (χ1v) is 6.32. The van der Waals surface area contributed by atoms with E-state index in [2.05, 4.69) is 20.2 Å². The fraction of sp³-hybridized carbons (Fsp3) is 0.0714. The predicted molar refractivity (Wildman–Crippen MR) is 77.5 cm³/mol. The first-order chi connectivity index (χ1) is 10.7. The van der Waals surface area contributed by atoms with E-state index in [1.165, 1.54) is 17.4 Å². The topological polar surface area (TPSA) is 119 Å². The maximum atomic E-state index is 11.2. The second kappa shape index (κ2) is 5.49. The molecule has 0 saturated heterocycles. The zero-order valence-electron chi connectivity index (χ0n) is 11.3. The maximum Gasteiger partial charge on any atom is 0.323 e. The Kier molecular flexibility index (Phi) is 3.37. The summed E-state index contributed by atoms with van der Waals surface area (Å²) in [6.45, 7) is -0.299. The summed E-state index contributed by atoms with van der Waals surface area (Å²) < 4.78 is 0. The van der Waals surface area contributed by atoms with Crippen LogP contribution in [0.15, 0.2) is 36.8 Å². The molecule has 2 N–H and O–H groups in total. The Morgan fingerprint density at radius 3 is 3.05 bits per heavy atom. The molecule has 0 fully saturated rings. The molecule has 8 nitrogen and oxygen atoms in total. The molecule has 0 aliphatic rings. The number of benzene rings is 1. The van der Waals surface area contributed by atoms with Crippen LogP contribution in [0.5, 0.6) is 0 Å². The van der Waals surface area contributed by atoms with Gasteiger partial charge in [-0.1, -0.05) is 6.07 Å². The normalized spacial score (nSPS) is 10.3. The molecule has 0 atom stereocenters. The van der Waals surface area contributed by atoms with Crippen molar-refractivity contribution in [2.24, 2.45) is 0 Å². The number of hydrogen-bond acceptors (Lipinski definition) is 6. The molecule has 0 saturated carbocycles. The van der Waals surface area contributed by atoms with Gasteiger partial charge in [0.2, 0.25) is 0 Å². The Bertz CT molecular complexity index is 882. The van der Waals surface area contributed by atoms with Crippen molar-refractivity contribution in [3.05, 3.63) is 42.4 Å². The van der Waals surface area contributed by atoms with Crippen molar-refractivity contribution in [2.45, 2.75) is 0 Å². The number of carbonyl (C=O) groups is 1. The third-order valence-corrected chi connectivity index (χ3v) is 3.06. The maximum absolute atomic E-state index is 11.2. The number of anilines is 2. The summed E-state index contributed by atoms with van der Waals surface area (Å²) in [5, 5.41) is 25.4. The second-order valence-corrected chi connectivity index (χ2v) is 4.47. The predicted octanol–water partition coefficient (Wildman–Crippen LogP) is 1.45. The molecule has 0 aliphatic carbocycles. The average molecular weight is 294 g/mol. The molecule has 1 aromatic carbocycles. The van der Waals surface area contributed by atoms with Gasteiger partial charge in [0.15, 0.2) is 5.65 Å². The number of aromatic nitrogens is 4. The lowest BCUT2D eigenvalue weighted by molar-refractivity contribution is -0.135. The number of aliphatic carboxylic acids is 1. The number of aromatic amines is 1. The highest BCUT2D eigenvalue weighted by atomic mass is 16.4. The van der Waals surface area contributed by atoms with E-state index < -0.39 is 5.97 Å². The highest BCUT2D eigenvalue weighted by Gasteiger charge is 2.18. The number of nitriles is 1. The van der Waals surface area contributed by atoms with Gasteiger partial charge in [-0.3, -0.25) is 9.89 Å². The van der Waals surface area contributed by atoms with Crippen molar-refractivity contribution in [2.75, 3.05) is 11.4 Å². The number of nitrogens with zero attached hydrogens (tertiary/aromatic N) is 5. The van der Waals surface area contributed by atoms with Crippen LogP contribution in [0, 0.1) is 11.3 Å². The van der Waals surface area contributed by atoms with E-state index >= 15 is 0 Å². The molecular formula is C14H10N6O2. The van der Waals surface area contributed by atoms with Gasteiger partial charge in [0.1, 0.15) is 18.7 Å². The van der Waals surface area contributed by atoms with Crippen LogP contribution in [0.2, 0.25) is 0 Å². The van der Waals surface area contributed by atoms with Crippen LogP contribution in [0.3, 0.4) is 0 Å². The van der Waals surface area contributed by atoms with Gasteiger partial charge in [0.25, 0.3) is 0 Å². The van der Waals surface area contributed by atoms with E-state index in [4.69, 9.17) is 5.26 Å². The Morgan fingerprint density at radius 2 is 2.27 bits per heavy atom. The summed E-state index contributed by atoms with van der Waals surface area (Å²) in [6.07, 6.45) is 2.87. The highest BCUT2D eigenvalue weighted by molar-refractivity contribution is 5.91. The van der Waals surface area contributed by atoms with Crippen LogP contribution in [0.4, 0.5) is 11.5 Å². The van der Waals surface area contributed by atoms with Crippen LogP contribution in [-0.2, 0) is 4.79 Å². The van der Waals surface area contributed by atoms with Crippen molar-refractivity contribution < 1.29 is 9.90 Å². The lowest BCUT2D eigenvalue weighted by atomic mass is 10.2. The molecular weight excluding hydrogens is 284 g/mol. The summed E-state index contributed by atoms with van der Waals surface area (Å²) in [5.41, 5.74) is 1.50. The van der Waals surface area contributed by atoms with E-state index in [0.29, 0.717) is 28.1 Å². The molecule has 0 spiro atoms. The van der Waals surface area contributed by atoms with E-state index in [9.17, 15) is 9.90 Å². The van der Waals surface area contributed by atoms with Crippen LogP contribution in [0.25, 0.3) is 11.0 Å². The van der Waals surface area contributed by atoms with Gasteiger partial charge in [-0.2, -0.15) is 10.4 Å². The molecule has 8 heteroatoms. The van der Waals surface area contributed by atoms with Crippen LogP contribution >= 0.6 is 0 Å². The first kappa shape index (κ1) is 13.5. The molecule has 0 unspecified atom stereocenters. The summed E-state index contributed by atoms with van der Waals surface area (Å²) in [4.78, 5) is 20.9. The van der Waals surface area contributed by atoms with Crippen LogP contribution in [0.1, 0.15) is 5.56 Å². The Labute approximate surface area is 124 Å².